The third-order valence-corrected chi connectivity index (χ3v) is 7.52. The van der Waals surface area contributed by atoms with Crippen LogP contribution in [0.1, 0.15) is 47.5 Å². The Morgan fingerprint density at radius 2 is 1.96 bits per heavy atom. The lowest BCUT2D eigenvalue weighted by molar-refractivity contribution is 0.189. The minimum Gasteiger partial charge on any atom is -0.312 e. The van der Waals surface area contributed by atoms with Gasteiger partial charge in [0.15, 0.2) is 0 Å². The van der Waals surface area contributed by atoms with E-state index in [1.54, 1.807) is 6.07 Å². The van der Waals surface area contributed by atoms with Gasteiger partial charge < -0.3 is 14.8 Å². The topological polar surface area (TPSA) is 37.3 Å². The SMILES string of the molecule is C[C@H]1c2cccn2-c2sc3c(c2CN1C(=O)Nc1ccccc1Cl)CCCC3. The predicted octanol–water partition coefficient (Wildman–Crippen LogP) is 6.18. The molecule has 0 bridgehead atoms. The molecule has 0 fully saturated rings. The highest BCUT2D eigenvalue weighted by Crippen LogP contribution is 2.42. The van der Waals surface area contributed by atoms with Crippen molar-refractivity contribution in [1.29, 1.82) is 0 Å². The van der Waals surface area contributed by atoms with E-state index in [1.807, 2.05) is 34.4 Å². The second kappa shape index (κ2) is 6.98. The van der Waals surface area contributed by atoms with Gasteiger partial charge in [0, 0.05) is 22.3 Å². The normalized spacial score (nSPS) is 18.1. The lowest BCUT2D eigenvalue weighted by atomic mass is 9.95. The van der Waals surface area contributed by atoms with Crippen LogP contribution < -0.4 is 5.32 Å². The molecule has 28 heavy (non-hydrogen) atoms. The highest BCUT2D eigenvalue weighted by molar-refractivity contribution is 7.15. The van der Waals surface area contributed by atoms with Crippen LogP contribution in [0.5, 0.6) is 0 Å². The molecular weight excluding hydrogens is 390 g/mol. The van der Waals surface area contributed by atoms with Gasteiger partial charge in [0.05, 0.1) is 23.3 Å². The maximum absolute atomic E-state index is 13.3. The number of fused-ring (bicyclic) bond motifs is 5. The van der Waals surface area contributed by atoms with Crippen LogP contribution in [0.15, 0.2) is 42.6 Å². The molecule has 3 heterocycles. The quantitative estimate of drug-likeness (QED) is 0.510. The van der Waals surface area contributed by atoms with E-state index in [4.69, 9.17) is 11.6 Å². The number of rotatable bonds is 1. The zero-order chi connectivity index (χ0) is 19.3. The van der Waals surface area contributed by atoms with E-state index in [1.165, 1.54) is 33.8 Å². The number of hydrogen-bond donors (Lipinski definition) is 1. The number of aromatic nitrogens is 1. The van der Waals surface area contributed by atoms with Gasteiger partial charge in [0.25, 0.3) is 0 Å². The van der Waals surface area contributed by atoms with Gasteiger partial charge in [-0.2, -0.15) is 0 Å². The fraction of sp³-hybridized carbons (Fsp3) is 0.318. The monoisotopic (exact) mass is 411 g/mol. The second-order valence-electron chi connectivity index (χ2n) is 7.51. The van der Waals surface area contributed by atoms with E-state index in [-0.39, 0.29) is 12.1 Å². The van der Waals surface area contributed by atoms with Gasteiger partial charge in [-0.15, -0.1) is 11.3 Å². The van der Waals surface area contributed by atoms with Crippen LogP contribution in [0, 0.1) is 0 Å². The molecule has 0 spiro atoms. The third kappa shape index (κ3) is 2.85. The van der Waals surface area contributed by atoms with Crippen molar-refractivity contribution in [2.45, 2.75) is 45.2 Å². The molecule has 0 radical (unpaired) electrons. The Morgan fingerprint density at radius 3 is 2.82 bits per heavy atom. The minimum atomic E-state index is -0.114. The maximum atomic E-state index is 13.3. The van der Waals surface area contributed by atoms with Gasteiger partial charge >= 0.3 is 6.03 Å². The molecule has 2 aliphatic rings. The fourth-order valence-electron chi connectivity index (χ4n) is 4.36. The smallest absolute Gasteiger partial charge is 0.312 e. The van der Waals surface area contributed by atoms with Gasteiger partial charge in [-0.3, -0.25) is 0 Å². The van der Waals surface area contributed by atoms with Crippen LogP contribution in [0.4, 0.5) is 10.5 Å². The maximum Gasteiger partial charge on any atom is 0.322 e. The van der Waals surface area contributed by atoms with Crippen molar-refractivity contribution < 1.29 is 4.79 Å². The predicted molar refractivity (Wildman–Crippen MR) is 115 cm³/mol. The number of benzene rings is 1. The van der Waals surface area contributed by atoms with Crippen LogP contribution in [0.3, 0.4) is 0 Å². The lowest BCUT2D eigenvalue weighted by Gasteiger charge is -2.28. The van der Waals surface area contributed by atoms with E-state index in [9.17, 15) is 4.79 Å². The van der Waals surface area contributed by atoms with Crippen molar-refractivity contribution in [3.63, 3.8) is 0 Å². The summed E-state index contributed by atoms with van der Waals surface area (Å²) in [6, 6.07) is 11.4. The molecule has 0 saturated carbocycles. The Bertz CT molecular complexity index is 1050. The van der Waals surface area contributed by atoms with Gasteiger partial charge in [-0.05, 0) is 62.4 Å². The molecular formula is C22H22ClN3OS. The van der Waals surface area contributed by atoms with Gasteiger partial charge in [0.2, 0.25) is 0 Å². The summed E-state index contributed by atoms with van der Waals surface area (Å²) >= 11 is 8.17. The second-order valence-corrected chi connectivity index (χ2v) is 9.00. The number of carbonyl (C=O) groups is 1. The Labute approximate surface area is 173 Å². The summed E-state index contributed by atoms with van der Waals surface area (Å²) in [6.07, 6.45) is 6.90. The molecule has 4 nitrogen and oxygen atoms in total. The summed E-state index contributed by atoms with van der Waals surface area (Å²) in [7, 11) is 0. The van der Waals surface area contributed by atoms with E-state index >= 15 is 0 Å². The van der Waals surface area contributed by atoms with Gasteiger partial charge in [-0.25, -0.2) is 4.79 Å². The molecule has 1 aliphatic heterocycles. The molecule has 0 unspecified atom stereocenters. The summed E-state index contributed by atoms with van der Waals surface area (Å²) in [4.78, 5) is 16.7. The number of nitrogens with one attached hydrogen (secondary N) is 1. The molecule has 2 amide bonds. The number of thiophene rings is 1. The molecule has 1 aromatic carbocycles. The summed E-state index contributed by atoms with van der Waals surface area (Å²) < 4.78 is 2.28. The van der Waals surface area contributed by atoms with Crippen LogP contribution in [-0.4, -0.2) is 15.5 Å². The summed E-state index contributed by atoms with van der Waals surface area (Å²) in [5.41, 5.74) is 4.58. The first-order valence-electron chi connectivity index (χ1n) is 9.76. The van der Waals surface area contributed by atoms with Crippen molar-refractivity contribution in [3.8, 4) is 5.00 Å². The molecule has 1 N–H and O–H groups in total. The van der Waals surface area contributed by atoms with Crippen molar-refractivity contribution >= 4 is 34.7 Å². The minimum absolute atomic E-state index is 0.0312. The van der Waals surface area contributed by atoms with Gasteiger partial charge in [0.1, 0.15) is 5.00 Å². The highest BCUT2D eigenvalue weighted by Gasteiger charge is 2.33. The molecule has 1 aliphatic carbocycles. The van der Waals surface area contributed by atoms with Crippen molar-refractivity contribution in [2.75, 3.05) is 5.32 Å². The molecule has 5 rings (SSSR count). The third-order valence-electron chi connectivity index (χ3n) is 5.86. The molecule has 2 aromatic heterocycles. The van der Waals surface area contributed by atoms with Crippen molar-refractivity contribution in [1.82, 2.24) is 9.47 Å². The number of halogens is 1. The number of amides is 2. The molecule has 0 saturated heterocycles. The average Bonchev–Trinajstić information content (AvgIpc) is 3.29. The number of hydrogen-bond acceptors (Lipinski definition) is 2. The number of nitrogens with zero attached hydrogens (tertiary/aromatic N) is 2. The Hall–Kier alpha value is -2.24. The van der Waals surface area contributed by atoms with E-state index < -0.39 is 0 Å². The van der Waals surface area contributed by atoms with E-state index in [0.29, 0.717) is 17.3 Å². The number of anilines is 1. The summed E-state index contributed by atoms with van der Waals surface area (Å²) in [5.74, 6) is 0. The average molecular weight is 412 g/mol. The number of urea groups is 1. The van der Waals surface area contributed by atoms with Crippen LogP contribution in [0.25, 0.3) is 5.00 Å². The van der Waals surface area contributed by atoms with Gasteiger partial charge in [-0.1, -0.05) is 23.7 Å². The zero-order valence-electron chi connectivity index (χ0n) is 15.7. The van der Waals surface area contributed by atoms with Crippen LogP contribution >= 0.6 is 22.9 Å². The number of para-hydroxylation sites is 1. The summed E-state index contributed by atoms with van der Waals surface area (Å²) in [6.45, 7) is 2.72. The molecule has 3 aromatic rings. The highest BCUT2D eigenvalue weighted by atomic mass is 35.5. The van der Waals surface area contributed by atoms with Crippen LogP contribution in [0.2, 0.25) is 5.02 Å². The Kier molecular flexibility index (Phi) is 4.44. The standard InChI is InChI=1S/C22H22ClN3OS/c1-14-19-10-6-12-25(19)21-16(15-7-2-5-11-20(15)28-21)13-26(14)22(27)24-18-9-4-3-8-17(18)23/h3-4,6,8-10,12,14H,2,5,7,11,13H2,1H3,(H,24,27)/t14-/m0/s1. The summed E-state index contributed by atoms with van der Waals surface area (Å²) in [5, 5.41) is 4.85. The lowest BCUT2D eigenvalue weighted by Crippen LogP contribution is -2.36. The van der Waals surface area contributed by atoms with Crippen molar-refractivity contribution in [3.05, 3.63) is 69.3 Å². The fourth-order valence-corrected chi connectivity index (χ4v) is 5.95. The Balaban J connectivity index is 1.56. The first-order chi connectivity index (χ1) is 13.6. The zero-order valence-corrected chi connectivity index (χ0v) is 17.3. The first-order valence-corrected chi connectivity index (χ1v) is 11.0. The van der Waals surface area contributed by atoms with E-state index in [2.05, 4.69) is 35.1 Å². The number of aryl methyl sites for hydroxylation is 1. The molecule has 144 valence electrons. The molecule has 1 atom stereocenters. The Morgan fingerprint density at radius 1 is 1.14 bits per heavy atom. The van der Waals surface area contributed by atoms with Crippen molar-refractivity contribution in [2.24, 2.45) is 0 Å². The number of carbonyl (C=O) groups excluding carboxylic acids is 1. The first kappa shape index (κ1) is 17.8. The van der Waals surface area contributed by atoms with E-state index in [0.717, 1.165) is 18.5 Å². The molecule has 6 heteroatoms. The van der Waals surface area contributed by atoms with Crippen LogP contribution in [-0.2, 0) is 19.4 Å². The largest absolute Gasteiger partial charge is 0.322 e.